The summed E-state index contributed by atoms with van der Waals surface area (Å²) >= 11 is 0. The zero-order valence-corrected chi connectivity index (χ0v) is 12.0. The molecule has 0 spiro atoms. The first kappa shape index (κ1) is 14.4. The van der Waals surface area contributed by atoms with Crippen LogP contribution in [0.2, 0.25) is 0 Å². The number of hydrogen-bond donors (Lipinski definition) is 1. The summed E-state index contributed by atoms with van der Waals surface area (Å²) < 4.78 is 6.23. The van der Waals surface area contributed by atoms with Crippen LogP contribution in [0.25, 0.3) is 0 Å². The van der Waals surface area contributed by atoms with E-state index in [4.69, 9.17) is 10.5 Å². The van der Waals surface area contributed by atoms with Crippen molar-refractivity contribution in [1.29, 1.82) is 0 Å². The van der Waals surface area contributed by atoms with Gasteiger partial charge in [-0.15, -0.1) is 0 Å². The molecule has 2 N–H and O–H groups in total. The molecular weight excluding hydrogens is 260 g/mol. The minimum Gasteiger partial charge on any atom is -0.469 e. The van der Waals surface area contributed by atoms with Gasteiger partial charge in [0.15, 0.2) is 0 Å². The Morgan fingerprint density at radius 2 is 2.20 bits per heavy atom. The fraction of sp³-hybridized carbons (Fsp3) is 0.615. The van der Waals surface area contributed by atoms with Crippen molar-refractivity contribution >= 4 is 17.6 Å². The van der Waals surface area contributed by atoms with E-state index in [9.17, 15) is 9.59 Å². The maximum Gasteiger partial charge on any atom is 0.310 e. The number of hydrogen-bond acceptors (Lipinski definition) is 5. The Bertz CT molecular complexity index is 538. The number of likely N-dealkylation sites (tertiary alicyclic amines) is 1. The first-order valence-corrected chi connectivity index (χ1v) is 6.68. The molecule has 20 heavy (non-hydrogen) atoms. The van der Waals surface area contributed by atoms with Crippen molar-refractivity contribution in [1.82, 2.24) is 14.7 Å². The van der Waals surface area contributed by atoms with Gasteiger partial charge in [0.1, 0.15) is 5.69 Å². The Morgan fingerprint density at radius 3 is 2.75 bits per heavy atom. The Labute approximate surface area is 117 Å². The average Bonchev–Trinajstić information content (AvgIpc) is 3.02. The fourth-order valence-corrected chi connectivity index (χ4v) is 2.56. The molecule has 1 aromatic rings. The molecule has 0 aromatic carbocycles. The maximum atomic E-state index is 12.5. The van der Waals surface area contributed by atoms with E-state index in [1.54, 1.807) is 11.9 Å². The number of anilines is 1. The van der Waals surface area contributed by atoms with Crippen molar-refractivity contribution < 1.29 is 14.3 Å². The molecule has 7 heteroatoms. The van der Waals surface area contributed by atoms with E-state index in [0.29, 0.717) is 37.3 Å². The number of nitrogens with zero attached hydrogens (tertiary/aromatic N) is 3. The van der Waals surface area contributed by atoms with Crippen LogP contribution in [0.1, 0.15) is 29.5 Å². The smallest absolute Gasteiger partial charge is 0.310 e. The molecule has 1 fully saturated rings. The Kier molecular flexibility index (Phi) is 3.96. The van der Waals surface area contributed by atoms with Gasteiger partial charge in [0.25, 0.3) is 5.91 Å². The molecule has 2 heterocycles. The third kappa shape index (κ3) is 2.35. The number of nitrogen functional groups attached to an aromatic ring is 1. The summed E-state index contributed by atoms with van der Waals surface area (Å²) in [4.78, 5) is 25.6. The molecule has 2 rings (SSSR count). The van der Waals surface area contributed by atoms with Gasteiger partial charge in [0.2, 0.25) is 0 Å². The van der Waals surface area contributed by atoms with Crippen molar-refractivity contribution in [3.8, 4) is 0 Å². The molecule has 0 bridgehead atoms. The number of aromatic nitrogens is 2. The van der Waals surface area contributed by atoms with E-state index in [2.05, 4.69) is 5.10 Å². The monoisotopic (exact) mass is 280 g/mol. The summed E-state index contributed by atoms with van der Waals surface area (Å²) in [5.41, 5.74) is 7.53. The molecule has 0 saturated carbocycles. The zero-order valence-electron chi connectivity index (χ0n) is 12.0. The SMILES string of the molecule is CCc1nn(C)c(C(=O)N2CCC(C(=O)OC)C2)c1N. The molecule has 1 aromatic heterocycles. The quantitative estimate of drug-likeness (QED) is 0.799. The number of ether oxygens (including phenoxy) is 1. The van der Waals surface area contributed by atoms with E-state index >= 15 is 0 Å². The van der Waals surface area contributed by atoms with E-state index < -0.39 is 0 Å². The number of amides is 1. The minimum absolute atomic E-state index is 0.177. The van der Waals surface area contributed by atoms with Gasteiger partial charge in [-0.05, 0) is 12.8 Å². The van der Waals surface area contributed by atoms with Gasteiger partial charge in [-0.3, -0.25) is 14.3 Å². The molecule has 0 radical (unpaired) electrons. The van der Waals surface area contributed by atoms with Gasteiger partial charge in [-0.2, -0.15) is 5.10 Å². The van der Waals surface area contributed by atoms with Gasteiger partial charge in [0.05, 0.1) is 24.4 Å². The van der Waals surface area contributed by atoms with Gasteiger partial charge in [-0.1, -0.05) is 6.92 Å². The summed E-state index contributed by atoms with van der Waals surface area (Å²) in [6.07, 6.45) is 1.30. The van der Waals surface area contributed by atoms with Crippen LogP contribution < -0.4 is 5.73 Å². The summed E-state index contributed by atoms with van der Waals surface area (Å²) in [7, 11) is 3.07. The van der Waals surface area contributed by atoms with Crippen LogP contribution in [0, 0.1) is 5.92 Å². The molecule has 110 valence electrons. The van der Waals surface area contributed by atoms with Crippen molar-refractivity contribution in [2.75, 3.05) is 25.9 Å². The number of aryl methyl sites for hydroxylation is 2. The van der Waals surface area contributed by atoms with Crippen molar-refractivity contribution in [2.45, 2.75) is 19.8 Å². The van der Waals surface area contributed by atoms with Gasteiger partial charge in [-0.25, -0.2) is 0 Å². The van der Waals surface area contributed by atoms with Crippen LogP contribution in [0.5, 0.6) is 0 Å². The topological polar surface area (TPSA) is 90.5 Å². The summed E-state index contributed by atoms with van der Waals surface area (Å²) in [5, 5.41) is 4.24. The molecule has 1 aliphatic heterocycles. The molecule has 1 aliphatic rings. The van der Waals surface area contributed by atoms with E-state index in [1.165, 1.54) is 11.8 Å². The molecule has 7 nitrogen and oxygen atoms in total. The Balaban J connectivity index is 2.17. The number of nitrogens with two attached hydrogens (primary N) is 1. The average molecular weight is 280 g/mol. The van der Waals surface area contributed by atoms with Gasteiger partial charge in [0, 0.05) is 20.1 Å². The van der Waals surface area contributed by atoms with E-state index in [-0.39, 0.29) is 17.8 Å². The predicted octanol–water partition coefficient (Wildman–Crippen LogP) is 0.200. The largest absolute Gasteiger partial charge is 0.469 e. The molecule has 1 amide bonds. The standard InChI is InChI=1S/C13H20N4O3/c1-4-9-10(14)11(16(2)15-9)12(18)17-6-5-8(7-17)13(19)20-3/h8H,4-7,14H2,1-3H3. The maximum absolute atomic E-state index is 12.5. The molecule has 1 saturated heterocycles. The van der Waals surface area contributed by atoms with E-state index in [1.807, 2.05) is 6.92 Å². The highest BCUT2D eigenvalue weighted by atomic mass is 16.5. The highest BCUT2D eigenvalue weighted by molar-refractivity contribution is 5.98. The lowest BCUT2D eigenvalue weighted by Crippen LogP contribution is -2.32. The van der Waals surface area contributed by atoms with Gasteiger partial charge < -0.3 is 15.4 Å². The highest BCUT2D eigenvalue weighted by Gasteiger charge is 2.34. The third-order valence-electron chi connectivity index (χ3n) is 3.71. The van der Waals surface area contributed by atoms with Crippen LogP contribution >= 0.6 is 0 Å². The lowest BCUT2D eigenvalue weighted by atomic mass is 10.1. The first-order valence-electron chi connectivity index (χ1n) is 6.68. The molecule has 0 aliphatic carbocycles. The fourth-order valence-electron chi connectivity index (χ4n) is 2.56. The zero-order chi connectivity index (χ0) is 14.9. The molecule has 1 atom stereocenters. The highest BCUT2D eigenvalue weighted by Crippen LogP contribution is 2.23. The second-order valence-corrected chi connectivity index (χ2v) is 4.95. The van der Waals surface area contributed by atoms with Crippen LogP contribution in [0.4, 0.5) is 5.69 Å². The van der Waals surface area contributed by atoms with Crippen LogP contribution in [-0.2, 0) is 23.0 Å². The third-order valence-corrected chi connectivity index (χ3v) is 3.71. The normalized spacial score (nSPS) is 18.4. The number of carbonyl (C=O) groups is 2. The minimum atomic E-state index is -0.271. The summed E-state index contributed by atoms with van der Waals surface area (Å²) in [6.45, 7) is 2.85. The summed E-state index contributed by atoms with van der Waals surface area (Å²) in [6, 6.07) is 0. The van der Waals surface area contributed by atoms with Crippen LogP contribution in [0.3, 0.4) is 0 Å². The predicted molar refractivity (Wildman–Crippen MR) is 73.0 cm³/mol. The van der Waals surface area contributed by atoms with Crippen molar-refractivity contribution in [2.24, 2.45) is 13.0 Å². The van der Waals surface area contributed by atoms with Crippen LogP contribution in [-0.4, -0.2) is 46.8 Å². The molecular formula is C13H20N4O3. The number of methoxy groups -OCH3 is 1. The molecule has 1 unspecified atom stereocenters. The number of esters is 1. The summed E-state index contributed by atoms with van der Waals surface area (Å²) in [5.74, 6) is -0.694. The Hall–Kier alpha value is -2.05. The first-order chi connectivity index (χ1) is 9.49. The number of carbonyl (C=O) groups excluding carboxylic acids is 2. The second-order valence-electron chi connectivity index (χ2n) is 4.95. The van der Waals surface area contributed by atoms with E-state index in [0.717, 1.165) is 5.69 Å². The van der Waals surface area contributed by atoms with Crippen LogP contribution in [0.15, 0.2) is 0 Å². The van der Waals surface area contributed by atoms with Gasteiger partial charge >= 0.3 is 5.97 Å². The Morgan fingerprint density at radius 1 is 1.50 bits per heavy atom. The van der Waals surface area contributed by atoms with Crippen molar-refractivity contribution in [3.63, 3.8) is 0 Å². The lowest BCUT2D eigenvalue weighted by Gasteiger charge is -2.16. The van der Waals surface area contributed by atoms with Crippen molar-refractivity contribution in [3.05, 3.63) is 11.4 Å². The lowest BCUT2D eigenvalue weighted by molar-refractivity contribution is -0.144. The number of rotatable bonds is 3. The second kappa shape index (κ2) is 5.52.